The van der Waals surface area contributed by atoms with E-state index in [2.05, 4.69) is 5.32 Å². The van der Waals surface area contributed by atoms with E-state index in [-0.39, 0.29) is 12.3 Å². The Morgan fingerprint density at radius 3 is 2.40 bits per heavy atom. The minimum Gasteiger partial charge on any atom is -0.481 e. The molecule has 2 rings (SSSR count). The van der Waals surface area contributed by atoms with Crippen LogP contribution in [0.1, 0.15) is 56.1 Å². The zero-order valence-corrected chi connectivity index (χ0v) is 15.8. The average molecular weight is 365 g/mol. The van der Waals surface area contributed by atoms with Crippen LogP contribution >= 0.6 is 0 Å². The van der Waals surface area contributed by atoms with Gasteiger partial charge in [0.25, 0.3) is 0 Å². The Balaban J connectivity index is 2.13. The van der Waals surface area contributed by atoms with E-state index in [0.717, 1.165) is 36.8 Å². The number of rotatable bonds is 6. The van der Waals surface area contributed by atoms with E-state index >= 15 is 0 Å². The summed E-state index contributed by atoms with van der Waals surface area (Å²) < 4.78 is 11.5. The minimum atomic E-state index is -0.959. The van der Waals surface area contributed by atoms with E-state index in [1.807, 2.05) is 19.1 Å². The van der Waals surface area contributed by atoms with Crippen molar-refractivity contribution in [1.82, 2.24) is 0 Å². The molecule has 0 unspecified atom stereocenters. The van der Waals surface area contributed by atoms with Crippen LogP contribution in [0, 0.1) is 12.3 Å². The first-order valence-electron chi connectivity index (χ1n) is 8.76. The molecule has 0 aromatic heterocycles. The summed E-state index contributed by atoms with van der Waals surface area (Å²) in [6.07, 6.45) is 6.55. The molecule has 25 heavy (non-hydrogen) atoms. The molecule has 0 saturated heterocycles. The number of aliphatic carboxylic acids is 1. The third kappa shape index (κ3) is 5.14. The molecule has 138 valence electrons. The summed E-state index contributed by atoms with van der Waals surface area (Å²) in [5.74, 6) is -0.687. The standard InChI is InChI=1S/C19H27NO4S/c1-14-15(13-25(2)24)8-7-9-16(14)20-17(21)12-19(18(22)23)10-5-3-4-6-11-19/h7-9H,3-6,10-13H2,1-2H3,(H,20,21)(H,22,23)/t25-/m0/s1. The van der Waals surface area contributed by atoms with Crippen LogP contribution < -0.4 is 5.32 Å². The molecule has 1 aromatic carbocycles. The Hall–Kier alpha value is -1.69. The number of carboxylic acid groups (broad SMARTS) is 1. The molecular weight excluding hydrogens is 338 g/mol. The molecule has 0 bridgehead atoms. The van der Waals surface area contributed by atoms with Crippen molar-refractivity contribution in [2.24, 2.45) is 5.41 Å². The lowest BCUT2D eigenvalue weighted by atomic mass is 9.77. The fourth-order valence-electron chi connectivity index (χ4n) is 3.57. The fraction of sp³-hybridized carbons (Fsp3) is 0.579. The predicted molar refractivity (Wildman–Crippen MR) is 100.0 cm³/mol. The maximum atomic E-state index is 12.6. The van der Waals surface area contributed by atoms with E-state index in [1.165, 1.54) is 0 Å². The van der Waals surface area contributed by atoms with Crippen molar-refractivity contribution in [1.29, 1.82) is 0 Å². The van der Waals surface area contributed by atoms with E-state index in [9.17, 15) is 18.9 Å². The van der Waals surface area contributed by atoms with Gasteiger partial charge in [-0.2, -0.15) is 0 Å². The molecule has 0 spiro atoms. The quantitative estimate of drug-likeness (QED) is 0.754. The molecule has 2 N–H and O–H groups in total. The molecule has 1 aliphatic rings. The molecule has 1 amide bonds. The Kier molecular flexibility index (Phi) is 6.76. The molecule has 5 nitrogen and oxygen atoms in total. The Labute approximate surface area is 151 Å². The highest BCUT2D eigenvalue weighted by Gasteiger charge is 2.40. The molecule has 1 saturated carbocycles. The maximum absolute atomic E-state index is 12.6. The number of anilines is 1. The summed E-state index contributed by atoms with van der Waals surface area (Å²) in [6.45, 7) is 1.89. The molecule has 1 aliphatic carbocycles. The molecule has 1 fully saturated rings. The summed E-state index contributed by atoms with van der Waals surface area (Å²) in [5, 5.41) is 12.6. The maximum Gasteiger partial charge on any atom is 0.310 e. The van der Waals surface area contributed by atoms with Gasteiger partial charge >= 0.3 is 5.97 Å². The number of carbonyl (C=O) groups is 2. The second-order valence-corrected chi connectivity index (χ2v) is 8.47. The first kappa shape index (κ1) is 19.6. The molecule has 0 radical (unpaired) electrons. The number of amides is 1. The SMILES string of the molecule is Cc1c(C[S@](C)=O)cccc1NC(=O)CC1(C(=O)O)CCCCCC1. The molecule has 0 heterocycles. The van der Waals surface area contributed by atoms with Crippen molar-refractivity contribution in [3.05, 3.63) is 29.3 Å². The number of carbonyl (C=O) groups excluding carboxylic acids is 1. The highest BCUT2D eigenvalue weighted by atomic mass is 32.2. The smallest absolute Gasteiger partial charge is 0.310 e. The minimum absolute atomic E-state index is 0.00566. The largest absolute Gasteiger partial charge is 0.481 e. The third-order valence-corrected chi connectivity index (χ3v) is 5.81. The monoisotopic (exact) mass is 365 g/mol. The van der Waals surface area contributed by atoms with Gasteiger partial charge in [0, 0.05) is 34.9 Å². The average Bonchev–Trinajstić information content (AvgIpc) is 2.77. The summed E-state index contributed by atoms with van der Waals surface area (Å²) in [6, 6.07) is 5.52. The highest BCUT2D eigenvalue weighted by molar-refractivity contribution is 7.83. The topological polar surface area (TPSA) is 83.5 Å². The predicted octanol–water partition coefficient (Wildman–Crippen LogP) is 3.63. The first-order valence-corrected chi connectivity index (χ1v) is 10.5. The number of benzene rings is 1. The normalized spacial score (nSPS) is 18.2. The van der Waals surface area contributed by atoms with Gasteiger partial charge in [-0.25, -0.2) is 0 Å². The van der Waals surface area contributed by atoms with Gasteiger partial charge in [-0.3, -0.25) is 13.8 Å². The van der Waals surface area contributed by atoms with Gasteiger partial charge in [-0.1, -0.05) is 37.8 Å². The second-order valence-electron chi connectivity index (χ2n) is 7.03. The molecule has 0 aliphatic heterocycles. The zero-order chi connectivity index (χ0) is 18.4. The van der Waals surface area contributed by atoms with Crippen LogP contribution in [0.4, 0.5) is 5.69 Å². The van der Waals surface area contributed by atoms with Crippen LogP contribution in [-0.2, 0) is 26.1 Å². The number of hydrogen-bond donors (Lipinski definition) is 2. The van der Waals surface area contributed by atoms with Crippen molar-refractivity contribution in [3.63, 3.8) is 0 Å². The van der Waals surface area contributed by atoms with Crippen LogP contribution in [0.15, 0.2) is 18.2 Å². The van der Waals surface area contributed by atoms with Crippen molar-refractivity contribution in [2.75, 3.05) is 11.6 Å². The first-order chi connectivity index (χ1) is 11.8. The van der Waals surface area contributed by atoms with Crippen molar-refractivity contribution >= 4 is 28.4 Å². The van der Waals surface area contributed by atoms with Gasteiger partial charge in [0.2, 0.25) is 5.91 Å². The molecule has 1 atom stereocenters. The van der Waals surface area contributed by atoms with E-state index in [1.54, 1.807) is 12.3 Å². The highest BCUT2D eigenvalue weighted by Crippen LogP contribution is 2.38. The van der Waals surface area contributed by atoms with Crippen molar-refractivity contribution in [2.45, 2.75) is 57.6 Å². The van der Waals surface area contributed by atoms with Gasteiger partial charge in [0.1, 0.15) is 0 Å². The summed E-state index contributed by atoms with van der Waals surface area (Å²) in [5.41, 5.74) is 1.54. The van der Waals surface area contributed by atoms with Crippen LogP contribution in [0.3, 0.4) is 0 Å². The van der Waals surface area contributed by atoms with E-state index in [0.29, 0.717) is 24.3 Å². The van der Waals surface area contributed by atoms with Crippen LogP contribution in [-0.4, -0.2) is 27.4 Å². The van der Waals surface area contributed by atoms with Crippen LogP contribution in [0.25, 0.3) is 0 Å². The molecule has 6 heteroatoms. The Morgan fingerprint density at radius 2 is 1.84 bits per heavy atom. The van der Waals surface area contributed by atoms with Crippen LogP contribution in [0.2, 0.25) is 0 Å². The summed E-state index contributed by atoms with van der Waals surface area (Å²) in [7, 11) is -0.959. The lowest BCUT2D eigenvalue weighted by Gasteiger charge is -2.27. The van der Waals surface area contributed by atoms with Crippen molar-refractivity contribution < 1.29 is 18.9 Å². The van der Waals surface area contributed by atoms with Crippen LogP contribution in [0.5, 0.6) is 0 Å². The van der Waals surface area contributed by atoms with Gasteiger partial charge in [-0.05, 0) is 37.0 Å². The lowest BCUT2D eigenvalue weighted by molar-refractivity contribution is -0.152. The summed E-state index contributed by atoms with van der Waals surface area (Å²) >= 11 is 0. The van der Waals surface area contributed by atoms with Crippen molar-refractivity contribution in [3.8, 4) is 0 Å². The number of nitrogens with one attached hydrogen (secondary N) is 1. The molecular formula is C19H27NO4S. The van der Waals surface area contributed by atoms with Gasteiger partial charge in [0.05, 0.1) is 5.41 Å². The number of hydrogen-bond acceptors (Lipinski definition) is 3. The van der Waals surface area contributed by atoms with E-state index in [4.69, 9.17) is 0 Å². The molecule has 1 aromatic rings. The fourth-order valence-corrected chi connectivity index (χ4v) is 4.32. The second kappa shape index (κ2) is 8.61. The number of carboxylic acids is 1. The zero-order valence-electron chi connectivity index (χ0n) is 15.0. The van der Waals surface area contributed by atoms with Gasteiger partial charge in [0.15, 0.2) is 0 Å². The lowest BCUT2D eigenvalue weighted by Crippen LogP contribution is -2.35. The van der Waals surface area contributed by atoms with Gasteiger partial charge in [-0.15, -0.1) is 0 Å². The summed E-state index contributed by atoms with van der Waals surface area (Å²) in [4.78, 5) is 24.4. The Bertz CT molecular complexity index is 663. The van der Waals surface area contributed by atoms with E-state index < -0.39 is 22.2 Å². The Morgan fingerprint density at radius 1 is 1.20 bits per heavy atom. The third-order valence-electron chi connectivity index (χ3n) is 5.09. The van der Waals surface area contributed by atoms with Gasteiger partial charge < -0.3 is 10.4 Å².